The van der Waals surface area contributed by atoms with E-state index in [9.17, 15) is 0 Å². The molecule has 0 unspecified atom stereocenters. The summed E-state index contributed by atoms with van der Waals surface area (Å²) in [4.78, 5) is 0. The zero-order chi connectivity index (χ0) is 14.9. The van der Waals surface area contributed by atoms with Gasteiger partial charge in [-0.25, -0.2) is 0 Å². The first kappa shape index (κ1) is 14.4. The lowest BCUT2D eigenvalue weighted by molar-refractivity contribution is 0.900. The van der Waals surface area contributed by atoms with Crippen LogP contribution in [0.25, 0.3) is 11.1 Å². The van der Waals surface area contributed by atoms with Gasteiger partial charge in [0.05, 0.1) is 11.4 Å². The second-order valence-electron chi connectivity index (χ2n) is 5.84. The fourth-order valence-electron chi connectivity index (χ4n) is 2.82. The third-order valence-electron chi connectivity index (χ3n) is 3.50. The third kappa shape index (κ3) is 2.79. The molecule has 2 nitrogen and oxygen atoms in total. The summed E-state index contributed by atoms with van der Waals surface area (Å²) in [5.41, 5.74) is 14.4. The van der Waals surface area contributed by atoms with Gasteiger partial charge in [0.2, 0.25) is 0 Å². The first-order chi connectivity index (χ1) is 9.40. The Balaban J connectivity index is 2.59. The van der Waals surface area contributed by atoms with E-state index in [4.69, 9.17) is 5.73 Å². The average Bonchev–Trinajstić information content (AvgIpc) is 2.32. The minimum atomic E-state index is 0.368. The summed E-state index contributed by atoms with van der Waals surface area (Å²) in [6, 6.07) is 11.0. The van der Waals surface area contributed by atoms with Crippen molar-refractivity contribution in [1.82, 2.24) is 0 Å². The van der Waals surface area contributed by atoms with E-state index in [1.807, 2.05) is 6.07 Å². The van der Waals surface area contributed by atoms with Gasteiger partial charge in [-0.15, -0.1) is 0 Å². The molecule has 0 fully saturated rings. The highest BCUT2D eigenvalue weighted by Gasteiger charge is 2.12. The van der Waals surface area contributed by atoms with Crippen molar-refractivity contribution in [3.8, 4) is 11.1 Å². The van der Waals surface area contributed by atoms with Gasteiger partial charge in [-0.2, -0.15) is 0 Å². The first-order valence-electron chi connectivity index (χ1n) is 7.13. The van der Waals surface area contributed by atoms with Crippen molar-refractivity contribution in [1.29, 1.82) is 0 Å². The fourth-order valence-corrected chi connectivity index (χ4v) is 2.82. The van der Waals surface area contributed by atoms with Crippen molar-refractivity contribution >= 4 is 11.4 Å². The van der Waals surface area contributed by atoms with Crippen LogP contribution in [-0.4, -0.2) is 6.04 Å². The van der Waals surface area contributed by atoms with Crippen molar-refractivity contribution in [3.05, 3.63) is 47.0 Å². The first-order valence-corrected chi connectivity index (χ1v) is 7.13. The highest BCUT2D eigenvalue weighted by atomic mass is 14.9. The minimum absolute atomic E-state index is 0.368. The van der Waals surface area contributed by atoms with Crippen LogP contribution in [0.3, 0.4) is 0 Å². The van der Waals surface area contributed by atoms with Crippen LogP contribution in [0.1, 0.15) is 30.5 Å². The number of para-hydroxylation sites is 1. The van der Waals surface area contributed by atoms with E-state index in [-0.39, 0.29) is 0 Å². The van der Waals surface area contributed by atoms with E-state index in [1.54, 1.807) is 0 Å². The molecule has 0 saturated carbocycles. The SMILES string of the molecule is Cc1cc(C)c(-c2cccc(NC(C)C)c2N)c(C)c1. The van der Waals surface area contributed by atoms with Crippen LogP contribution in [0, 0.1) is 20.8 Å². The van der Waals surface area contributed by atoms with Crippen molar-refractivity contribution < 1.29 is 0 Å². The molecule has 0 bridgehead atoms. The van der Waals surface area contributed by atoms with E-state index in [1.165, 1.54) is 22.3 Å². The Morgan fingerprint density at radius 1 is 1.00 bits per heavy atom. The third-order valence-corrected chi connectivity index (χ3v) is 3.50. The Morgan fingerprint density at radius 2 is 1.60 bits per heavy atom. The second-order valence-corrected chi connectivity index (χ2v) is 5.84. The van der Waals surface area contributed by atoms with Gasteiger partial charge in [-0.3, -0.25) is 0 Å². The van der Waals surface area contributed by atoms with E-state index in [0.717, 1.165) is 16.9 Å². The molecule has 0 heterocycles. The van der Waals surface area contributed by atoms with Crippen molar-refractivity contribution in [2.45, 2.75) is 40.7 Å². The number of rotatable bonds is 3. The normalized spacial score (nSPS) is 10.9. The Kier molecular flexibility index (Phi) is 4.03. The molecule has 0 aliphatic heterocycles. The number of anilines is 2. The summed E-state index contributed by atoms with van der Waals surface area (Å²) in [6.45, 7) is 10.7. The van der Waals surface area contributed by atoms with Crippen molar-refractivity contribution in [3.63, 3.8) is 0 Å². The van der Waals surface area contributed by atoms with Crippen LogP contribution >= 0.6 is 0 Å². The molecule has 0 amide bonds. The number of nitrogens with one attached hydrogen (secondary N) is 1. The zero-order valence-corrected chi connectivity index (χ0v) is 13.0. The van der Waals surface area contributed by atoms with Crippen LogP contribution in [0.5, 0.6) is 0 Å². The summed E-state index contributed by atoms with van der Waals surface area (Å²) >= 11 is 0. The van der Waals surface area contributed by atoms with Gasteiger partial charge in [-0.1, -0.05) is 29.8 Å². The highest BCUT2D eigenvalue weighted by Crippen LogP contribution is 2.36. The van der Waals surface area contributed by atoms with Gasteiger partial charge in [0.25, 0.3) is 0 Å². The Bertz CT molecular complexity index is 604. The lowest BCUT2D eigenvalue weighted by atomic mass is 9.92. The summed E-state index contributed by atoms with van der Waals surface area (Å²) in [7, 11) is 0. The van der Waals surface area contributed by atoms with E-state index in [0.29, 0.717) is 6.04 Å². The molecule has 0 aromatic heterocycles. The van der Waals surface area contributed by atoms with E-state index < -0.39 is 0 Å². The molecular weight excluding hydrogens is 244 g/mol. The predicted octanol–water partition coefficient (Wildman–Crippen LogP) is 4.68. The summed E-state index contributed by atoms with van der Waals surface area (Å²) in [5.74, 6) is 0. The zero-order valence-electron chi connectivity index (χ0n) is 13.0. The second kappa shape index (κ2) is 5.58. The predicted molar refractivity (Wildman–Crippen MR) is 89.3 cm³/mol. The summed E-state index contributed by atoms with van der Waals surface area (Å²) < 4.78 is 0. The van der Waals surface area contributed by atoms with Crippen LogP contribution < -0.4 is 11.1 Å². The van der Waals surface area contributed by atoms with Gasteiger partial charge in [-0.05, 0) is 57.4 Å². The number of benzene rings is 2. The topological polar surface area (TPSA) is 38.0 Å². The number of nitrogens with two attached hydrogens (primary N) is 1. The van der Waals surface area contributed by atoms with Crippen molar-refractivity contribution in [2.24, 2.45) is 0 Å². The average molecular weight is 268 g/mol. The molecule has 2 heteroatoms. The molecule has 0 atom stereocenters. The highest BCUT2D eigenvalue weighted by molar-refractivity contribution is 5.88. The summed E-state index contributed by atoms with van der Waals surface area (Å²) in [5, 5.41) is 3.41. The molecule has 20 heavy (non-hydrogen) atoms. The van der Waals surface area contributed by atoms with Gasteiger partial charge in [0.15, 0.2) is 0 Å². The number of aryl methyl sites for hydroxylation is 3. The molecule has 0 saturated heterocycles. The molecule has 2 aromatic carbocycles. The molecule has 0 aliphatic carbocycles. The van der Waals surface area contributed by atoms with Crippen LogP contribution in [-0.2, 0) is 0 Å². The maximum atomic E-state index is 6.38. The number of hydrogen-bond donors (Lipinski definition) is 2. The lowest BCUT2D eigenvalue weighted by Crippen LogP contribution is -2.11. The van der Waals surface area contributed by atoms with Gasteiger partial charge >= 0.3 is 0 Å². The van der Waals surface area contributed by atoms with E-state index in [2.05, 4.69) is 64.2 Å². The maximum absolute atomic E-state index is 6.38. The molecule has 3 N–H and O–H groups in total. The Morgan fingerprint density at radius 3 is 2.15 bits per heavy atom. The van der Waals surface area contributed by atoms with Gasteiger partial charge in [0.1, 0.15) is 0 Å². The number of hydrogen-bond acceptors (Lipinski definition) is 2. The molecule has 0 radical (unpaired) electrons. The molecule has 0 spiro atoms. The van der Waals surface area contributed by atoms with Crippen LogP contribution in [0.4, 0.5) is 11.4 Å². The fraction of sp³-hybridized carbons (Fsp3) is 0.333. The Labute approximate surface area is 122 Å². The number of nitrogen functional groups attached to an aromatic ring is 1. The molecular formula is C18H24N2. The van der Waals surface area contributed by atoms with Gasteiger partial charge < -0.3 is 11.1 Å². The van der Waals surface area contributed by atoms with Crippen molar-refractivity contribution in [2.75, 3.05) is 11.1 Å². The molecule has 2 aromatic rings. The van der Waals surface area contributed by atoms with Crippen LogP contribution in [0.15, 0.2) is 30.3 Å². The van der Waals surface area contributed by atoms with E-state index >= 15 is 0 Å². The minimum Gasteiger partial charge on any atom is -0.397 e. The molecule has 2 rings (SSSR count). The molecule has 0 aliphatic rings. The van der Waals surface area contributed by atoms with Crippen LogP contribution in [0.2, 0.25) is 0 Å². The largest absolute Gasteiger partial charge is 0.397 e. The standard InChI is InChI=1S/C18H24N2/c1-11(2)20-16-8-6-7-15(18(16)19)17-13(4)9-12(3)10-14(17)5/h6-11,20H,19H2,1-5H3. The monoisotopic (exact) mass is 268 g/mol. The smallest absolute Gasteiger partial charge is 0.0629 e. The Hall–Kier alpha value is -1.96. The van der Waals surface area contributed by atoms with Gasteiger partial charge in [0, 0.05) is 11.6 Å². The summed E-state index contributed by atoms with van der Waals surface area (Å²) in [6.07, 6.45) is 0. The lowest BCUT2D eigenvalue weighted by Gasteiger charge is -2.18. The quantitative estimate of drug-likeness (QED) is 0.793. The maximum Gasteiger partial charge on any atom is 0.0629 e. The molecule has 106 valence electrons.